The van der Waals surface area contributed by atoms with Gasteiger partial charge in [0.15, 0.2) is 6.61 Å². The minimum absolute atomic E-state index is 0.0361. The molecule has 0 aliphatic heterocycles. The lowest BCUT2D eigenvalue weighted by atomic mass is 10.2. The second kappa shape index (κ2) is 12.8. The van der Waals surface area contributed by atoms with E-state index in [1.54, 1.807) is 48.5 Å². The molecule has 2 amide bonds. The lowest BCUT2D eigenvalue weighted by Gasteiger charge is -2.07. The lowest BCUT2D eigenvalue weighted by molar-refractivity contribution is -0.384. The van der Waals surface area contributed by atoms with Gasteiger partial charge in [-0.2, -0.15) is 5.10 Å². The molecule has 3 aromatic rings. The molecule has 0 spiro atoms. The highest BCUT2D eigenvalue weighted by atomic mass is 32.2. The van der Waals surface area contributed by atoms with Crippen LogP contribution in [0.5, 0.6) is 5.75 Å². The normalized spacial score (nSPS) is 10.6. The largest absolute Gasteiger partial charge is 0.484 e. The smallest absolute Gasteiger partial charge is 0.269 e. The van der Waals surface area contributed by atoms with Crippen molar-refractivity contribution in [2.24, 2.45) is 5.10 Å². The van der Waals surface area contributed by atoms with Crippen LogP contribution in [0.2, 0.25) is 0 Å². The summed E-state index contributed by atoms with van der Waals surface area (Å²) in [5.74, 6) is 0.775. The van der Waals surface area contributed by atoms with Crippen molar-refractivity contribution in [1.82, 2.24) is 5.43 Å². The first-order valence-corrected chi connectivity index (χ1v) is 11.4. The van der Waals surface area contributed by atoms with E-state index >= 15 is 0 Å². The number of non-ortho nitro benzene ring substituents is 1. The molecule has 0 radical (unpaired) electrons. The summed E-state index contributed by atoms with van der Waals surface area (Å²) in [4.78, 5) is 34.0. The average Bonchev–Trinajstić information content (AvgIpc) is 2.84. The van der Waals surface area contributed by atoms with E-state index in [1.807, 2.05) is 18.2 Å². The molecule has 0 heterocycles. The van der Waals surface area contributed by atoms with Crippen molar-refractivity contribution in [3.05, 3.63) is 100 Å². The molecule has 3 rings (SSSR count). The van der Waals surface area contributed by atoms with Gasteiger partial charge >= 0.3 is 0 Å². The molecule has 34 heavy (non-hydrogen) atoms. The van der Waals surface area contributed by atoms with Crippen molar-refractivity contribution in [3.63, 3.8) is 0 Å². The van der Waals surface area contributed by atoms with Crippen LogP contribution in [-0.2, 0) is 15.3 Å². The summed E-state index contributed by atoms with van der Waals surface area (Å²) in [6, 6.07) is 22.3. The molecule has 0 bridgehead atoms. The van der Waals surface area contributed by atoms with Crippen LogP contribution in [0.3, 0.4) is 0 Å². The molecule has 9 nitrogen and oxygen atoms in total. The van der Waals surface area contributed by atoms with Crippen molar-refractivity contribution < 1.29 is 19.2 Å². The van der Waals surface area contributed by atoms with E-state index in [9.17, 15) is 19.7 Å². The first kappa shape index (κ1) is 24.5. The minimum atomic E-state index is -0.450. The van der Waals surface area contributed by atoms with E-state index in [0.29, 0.717) is 17.2 Å². The van der Waals surface area contributed by atoms with E-state index < -0.39 is 4.92 Å². The van der Waals surface area contributed by atoms with Crippen LogP contribution in [0, 0.1) is 10.1 Å². The van der Waals surface area contributed by atoms with Crippen LogP contribution in [0.4, 0.5) is 11.4 Å². The van der Waals surface area contributed by atoms with E-state index in [0.717, 1.165) is 11.1 Å². The van der Waals surface area contributed by atoms with Crippen LogP contribution in [0.1, 0.15) is 11.1 Å². The summed E-state index contributed by atoms with van der Waals surface area (Å²) in [5.41, 5.74) is 4.84. The summed E-state index contributed by atoms with van der Waals surface area (Å²) >= 11 is 1.38. The molecule has 0 aliphatic carbocycles. The van der Waals surface area contributed by atoms with Gasteiger partial charge in [0, 0.05) is 23.6 Å². The standard InChI is InChI=1S/C24H22N4O5S/c29-23(26-20-4-2-1-3-5-20)15-33-22-12-8-18(9-13-22)14-25-27-24(30)17-34-16-19-6-10-21(11-7-19)28(31)32/h1-14H,15-17H2,(H,26,29)(H,27,30)/b25-14-. The third-order valence-corrected chi connectivity index (χ3v) is 5.36. The fourth-order valence-electron chi connectivity index (χ4n) is 2.70. The first-order chi connectivity index (χ1) is 16.5. The number of ether oxygens (including phenoxy) is 1. The second-order valence-electron chi connectivity index (χ2n) is 6.98. The van der Waals surface area contributed by atoms with Crippen molar-refractivity contribution in [2.75, 3.05) is 17.7 Å². The van der Waals surface area contributed by atoms with Gasteiger partial charge in [-0.05, 0) is 47.5 Å². The van der Waals surface area contributed by atoms with E-state index in [1.165, 1.54) is 30.1 Å². The highest BCUT2D eigenvalue weighted by molar-refractivity contribution is 7.99. The Hall–Kier alpha value is -4.18. The quantitative estimate of drug-likeness (QED) is 0.244. The molecular weight excluding hydrogens is 456 g/mol. The number of hydrogen-bond donors (Lipinski definition) is 2. The first-order valence-electron chi connectivity index (χ1n) is 10.2. The van der Waals surface area contributed by atoms with Gasteiger partial charge in [0.05, 0.1) is 16.9 Å². The maximum atomic E-state index is 11.9. The number of carbonyl (C=O) groups is 2. The van der Waals surface area contributed by atoms with E-state index in [-0.39, 0.29) is 29.9 Å². The highest BCUT2D eigenvalue weighted by Crippen LogP contribution is 2.16. The fraction of sp³-hybridized carbons (Fsp3) is 0.125. The third kappa shape index (κ3) is 8.40. The zero-order chi connectivity index (χ0) is 24.2. The van der Waals surface area contributed by atoms with Gasteiger partial charge in [-0.3, -0.25) is 19.7 Å². The molecule has 174 valence electrons. The Bertz CT molecular complexity index is 1140. The number of amides is 2. The number of hydrazone groups is 1. The van der Waals surface area contributed by atoms with Crippen LogP contribution < -0.4 is 15.5 Å². The zero-order valence-electron chi connectivity index (χ0n) is 18.0. The van der Waals surface area contributed by atoms with Crippen molar-refractivity contribution in [3.8, 4) is 5.75 Å². The summed E-state index contributed by atoms with van der Waals surface area (Å²) in [6.07, 6.45) is 1.50. The Labute approximate surface area is 200 Å². The zero-order valence-corrected chi connectivity index (χ0v) is 18.9. The minimum Gasteiger partial charge on any atom is -0.484 e. The van der Waals surface area contributed by atoms with Gasteiger partial charge in [-0.25, -0.2) is 5.43 Å². The Morgan fingerprint density at radius 1 is 0.971 bits per heavy atom. The number of anilines is 1. The number of hydrogen-bond acceptors (Lipinski definition) is 7. The Morgan fingerprint density at radius 3 is 2.35 bits per heavy atom. The average molecular weight is 479 g/mol. The van der Waals surface area contributed by atoms with Gasteiger partial charge < -0.3 is 10.1 Å². The summed E-state index contributed by atoms with van der Waals surface area (Å²) < 4.78 is 5.47. The van der Waals surface area contributed by atoms with Crippen molar-refractivity contribution in [2.45, 2.75) is 5.75 Å². The van der Waals surface area contributed by atoms with Crippen LogP contribution in [0.15, 0.2) is 84.0 Å². The maximum absolute atomic E-state index is 11.9. The number of benzene rings is 3. The van der Waals surface area contributed by atoms with E-state index in [2.05, 4.69) is 15.8 Å². The summed E-state index contributed by atoms with van der Waals surface area (Å²) in [6.45, 7) is -0.115. The van der Waals surface area contributed by atoms with Gasteiger partial charge in [0.1, 0.15) is 5.75 Å². The van der Waals surface area contributed by atoms with E-state index in [4.69, 9.17) is 4.74 Å². The molecule has 10 heteroatoms. The SMILES string of the molecule is O=C(CSCc1ccc([N+](=O)[O-])cc1)N/N=C\c1ccc(OCC(=O)Nc2ccccc2)cc1. The Kier molecular flexibility index (Phi) is 9.18. The summed E-state index contributed by atoms with van der Waals surface area (Å²) in [5, 5.41) is 17.3. The Balaban J connectivity index is 1.34. The number of nitro benzene ring substituents is 1. The Morgan fingerprint density at radius 2 is 1.68 bits per heavy atom. The number of nitrogens with one attached hydrogen (secondary N) is 2. The van der Waals surface area contributed by atoms with Crippen molar-refractivity contribution in [1.29, 1.82) is 0 Å². The summed E-state index contributed by atoms with van der Waals surface area (Å²) in [7, 11) is 0. The number of para-hydroxylation sites is 1. The third-order valence-electron chi connectivity index (χ3n) is 4.36. The number of nitrogens with zero attached hydrogens (tertiary/aromatic N) is 2. The molecule has 3 aromatic carbocycles. The molecule has 0 aliphatic rings. The molecule has 2 N–H and O–H groups in total. The molecular formula is C24H22N4O5S. The molecule has 0 saturated heterocycles. The van der Waals surface area contributed by atoms with Crippen LogP contribution in [-0.4, -0.2) is 35.3 Å². The number of carbonyl (C=O) groups excluding carboxylic acids is 2. The second-order valence-corrected chi connectivity index (χ2v) is 7.97. The molecule has 0 fully saturated rings. The van der Waals surface area contributed by atoms with Crippen LogP contribution >= 0.6 is 11.8 Å². The molecule has 0 saturated carbocycles. The highest BCUT2D eigenvalue weighted by Gasteiger charge is 2.06. The maximum Gasteiger partial charge on any atom is 0.269 e. The number of nitro groups is 1. The van der Waals surface area contributed by atoms with Gasteiger partial charge in [0.25, 0.3) is 11.6 Å². The molecule has 0 unspecified atom stereocenters. The number of thioether (sulfide) groups is 1. The number of rotatable bonds is 11. The predicted molar refractivity (Wildman–Crippen MR) is 132 cm³/mol. The van der Waals surface area contributed by atoms with Gasteiger partial charge in [0.2, 0.25) is 5.91 Å². The predicted octanol–water partition coefficient (Wildman–Crippen LogP) is 4.00. The van der Waals surface area contributed by atoms with Crippen molar-refractivity contribution >= 4 is 41.2 Å². The van der Waals surface area contributed by atoms with Gasteiger partial charge in [-0.1, -0.05) is 30.3 Å². The fourth-order valence-corrected chi connectivity index (χ4v) is 3.48. The topological polar surface area (TPSA) is 123 Å². The van der Waals surface area contributed by atoms with Crippen LogP contribution in [0.25, 0.3) is 0 Å². The lowest BCUT2D eigenvalue weighted by Crippen LogP contribution is -2.20. The monoisotopic (exact) mass is 478 g/mol. The van der Waals surface area contributed by atoms with Gasteiger partial charge in [-0.15, -0.1) is 11.8 Å². The molecule has 0 aromatic heterocycles. The molecule has 0 atom stereocenters.